The highest BCUT2D eigenvalue weighted by Gasteiger charge is 2.12. The Bertz CT molecular complexity index is 144. The predicted octanol–water partition coefficient (Wildman–Crippen LogP) is 0.333. The summed E-state index contributed by atoms with van der Waals surface area (Å²) in [7, 11) is 3.65. The molecule has 4 nitrogen and oxygen atoms in total. The van der Waals surface area contributed by atoms with E-state index in [1.807, 2.05) is 7.05 Å². The van der Waals surface area contributed by atoms with Gasteiger partial charge in [-0.05, 0) is 33.0 Å². The van der Waals surface area contributed by atoms with Crippen LogP contribution in [0.5, 0.6) is 0 Å². The molecule has 0 radical (unpaired) electrons. The predicted molar refractivity (Wildman–Crippen MR) is 61.2 cm³/mol. The lowest BCUT2D eigenvalue weighted by Crippen LogP contribution is -2.33. The molecule has 0 bridgehead atoms. The fourth-order valence-electron chi connectivity index (χ4n) is 1.93. The third-order valence-corrected chi connectivity index (χ3v) is 2.74. The third kappa shape index (κ3) is 5.47. The summed E-state index contributed by atoms with van der Waals surface area (Å²) in [6.07, 6.45) is 2.87. The molecule has 1 fully saturated rings. The molecule has 1 N–H and O–H groups in total. The molecular weight excluding hydrogens is 192 g/mol. The summed E-state index contributed by atoms with van der Waals surface area (Å²) in [6, 6.07) is 0. The van der Waals surface area contributed by atoms with Crippen molar-refractivity contribution in [2.45, 2.75) is 18.9 Å². The van der Waals surface area contributed by atoms with Crippen molar-refractivity contribution >= 4 is 0 Å². The molecule has 4 heteroatoms. The van der Waals surface area contributed by atoms with Gasteiger partial charge in [-0.1, -0.05) is 0 Å². The van der Waals surface area contributed by atoms with Crippen LogP contribution in [0.1, 0.15) is 12.8 Å². The molecule has 0 aromatic rings. The zero-order chi connectivity index (χ0) is 10.9. The second-order valence-electron chi connectivity index (χ2n) is 4.05. The van der Waals surface area contributed by atoms with E-state index in [-0.39, 0.29) is 6.10 Å². The highest BCUT2D eigenvalue weighted by Crippen LogP contribution is 2.06. The lowest BCUT2D eigenvalue weighted by atomic mass is 10.4. The van der Waals surface area contributed by atoms with Gasteiger partial charge in [-0.2, -0.15) is 0 Å². The van der Waals surface area contributed by atoms with Crippen LogP contribution >= 0.6 is 0 Å². The van der Waals surface area contributed by atoms with Gasteiger partial charge < -0.3 is 19.7 Å². The molecule has 0 aromatic carbocycles. The van der Waals surface area contributed by atoms with Crippen LogP contribution in [-0.2, 0) is 9.47 Å². The van der Waals surface area contributed by atoms with Gasteiger partial charge >= 0.3 is 0 Å². The van der Waals surface area contributed by atoms with Gasteiger partial charge in [0.15, 0.2) is 0 Å². The Kier molecular flexibility index (Phi) is 6.92. The largest absolute Gasteiger partial charge is 0.382 e. The lowest BCUT2D eigenvalue weighted by molar-refractivity contribution is -0.00635. The van der Waals surface area contributed by atoms with Crippen molar-refractivity contribution in [2.24, 2.45) is 0 Å². The van der Waals surface area contributed by atoms with Gasteiger partial charge in [0.05, 0.1) is 19.3 Å². The quantitative estimate of drug-likeness (QED) is 0.634. The van der Waals surface area contributed by atoms with Gasteiger partial charge in [0, 0.05) is 20.2 Å². The topological polar surface area (TPSA) is 33.7 Å². The van der Waals surface area contributed by atoms with Crippen molar-refractivity contribution in [2.75, 3.05) is 53.6 Å². The second kappa shape index (κ2) is 8.05. The smallest absolute Gasteiger partial charge is 0.0932 e. The molecule has 1 unspecified atom stereocenters. The standard InChI is InChI=1S/C11H24N2O2/c1-12-9-11(10-14-2)15-8-7-13-5-3-4-6-13/h11-12H,3-10H2,1-2H3. The summed E-state index contributed by atoms with van der Waals surface area (Å²) in [5.41, 5.74) is 0. The fourth-order valence-corrected chi connectivity index (χ4v) is 1.93. The number of ether oxygens (including phenoxy) is 2. The maximum Gasteiger partial charge on any atom is 0.0932 e. The molecule has 0 saturated carbocycles. The van der Waals surface area contributed by atoms with Crippen LogP contribution in [0, 0.1) is 0 Å². The Morgan fingerprint density at radius 1 is 1.33 bits per heavy atom. The summed E-state index contributed by atoms with van der Waals surface area (Å²) in [4.78, 5) is 2.46. The number of nitrogens with zero attached hydrogens (tertiary/aromatic N) is 1. The zero-order valence-electron chi connectivity index (χ0n) is 10.00. The highest BCUT2D eigenvalue weighted by atomic mass is 16.5. The van der Waals surface area contributed by atoms with E-state index in [0.29, 0.717) is 6.61 Å². The van der Waals surface area contributed by atoms with Crippen LogP contribution in [-0.4, -0.2) is 64.6 Å². The average Bonchev–Trinajstić information content (AvgIpc) is 2.71. The van der Waals surface area contributed by atoms with E-state index in [9.17, 15) is 0 Å². The Balaban J connectivity index is 2.04. The molecule has 0 aliphatic carbocycles. The first kappa shape index (κ1) is 12.9. The van der Waals surface area contributed by atoms with Gasteiger partial charge in [0.2, 0.25) is 0 Å². The van der Waals surface area contributed by atoms with Crippen LogP contribution in [0.4, 0.5) is 0 Å². The van der Waals surface area contributed by atoms with Gasteiger partial charge in [-0.3, -0.25) is 0 Å². The van der Waals surface area contributed by atoms with Crippen LogP contribution in [0.2, 0.25) is 0 Å². The van der Waals surface area contributed by atoms with Crippen LogP contribution in [0.25, 0.3) is 0 Å². The van der Waals surface area contributed by atoms with Crippen LogP contribution in [0.15, 0.2) is 0 Å². The fraction of sp³-hybridized carbons (Fsp3) is 1.00. The number of hydrogen-bond acceptors (Lipinski definition) is 4. The van der Waals surface area contributed by atoms with E-state index in [1.54, 1.807) is 7.11 Å². The van der Waals surface area contributed by atoms with E-state index in [1.165, 1.54) is 25.9 Å². The van der Waals surface area contributed by atoms with Crippen molar-refractivity contribution in [3.63, 3.8) is 0 Å². The Hall–Kier alpha value is -0.160. The first-order valence-corrected chi connectivity index (χ1v) is 5.84. The van der Waals surface area contributed by atoms with E-state index in [2.05, 4.69) is 10.2 Å². The monoisotopic (exact) mass is 216 g/mol. The molecule has 0 spiro atoms. The summed E-state index contributed by atoms with van der Waals surface area (Å²) >= 11 is 0. The van der Waals surface area contributed by atoms with Crippen molar-refractivity contribution in [1.82, 2.24) is 10.2 Å². The maximum absolute atomic E-state index is 5.76. The first-order valence-electron chi connectivity index (χ1n) is 5.84. The number of nitrogens with one attached hydrogen (secondary N) is 1. The van der Waals surface area contributed by atoms with Crippen LogP contribution < -0.4 is 5.32 Å². The number of hydrogen-bond donors (Lipinski definition) is 1. The van der Waals surface area contributed by atoms with E-state index in [0.717, 1.165) is 19.7 Å². The van der Waals surface area contributed by atoms with Gasteiger partial charge in [-0.25, -0.2) is 0 Å². The molecule has 1 rings (SSSR count). The number of likely N-dealkylation sites (N-methyl/N-ethyl adjacent to an activating group) is 1. The molecule has 1 aliphatic heterocycles. The van der Waals surface area contributed by atoms with Gasteiger partial charge in [0.1, 0.15) is 0 Å². The molecule has 0 amide bonds. The Morgan fingerprint density at radius 3 is 2.67 bits per heavy atom. The number of methoxy groups -OCH3 is 1. The van der Waals surface area contributed by atoms with Gasteiger partial charge in [0.25, 0.3) is 0 Å². The maximum atomic E-state index is 5.76. The summed E-state index contributed by atoms with van der Waals surface area (Å²) in [6.45, 7) is 5.88. The summed E-state index contributed by atoms with van der Waals surface area (Å²) in [5.74, 6) is 0. The number of likely N-dealkylation sites (tertiary alicyclic amines) is 1. The molecule has 1 atom stereocenters. The van der Waals surface area contributed by atoms with Gasteiger partial charge in [-0.15, -0.1) is 0 Å². The second-order valence-corrected chi connectivity index (χ2v) is 4.05. The van der Waals surface area contributed by atoms with Crippen LogP contribution in [0.3, 0.4) is 0 Å². The van der Waals surface area contributed by atoms with E-state index >= 15 is 0 Å². The van der Waals surface area contributed by atoms with E-state index in [4.69, 9.17) is 9.47 Å². The SMILES string of the molecule is CNCC(COC)OCCN1CCCC1. The highest BCUT2D eigenvalue weighted by molar-refractivity contribution is 4.66. The Morgan fingerprint density at radius 2 is 2.07 bits per heavy atom. The molecule has 90 valence electrons. The minimum Gasteiger partial charge on any atom is -0.382 e. The first-order chi connectivity index (χ1) is 7.36. The lowest BCUT2D eigenvalue weighted by Gasteiger charge is -2.19. The van der Waals surface area contributed by atoms with E-state index < -0.39 is 0 Å². The normalized spacial score (nSPS) is 19.6. The summed E-state index contributed by atoms with van der Waals surface area (Å²) < 4.78 is 10.9. The molecule has 15 heavy (non-hydrogen) atoms. The average molecular weight is 216 g/mol. The third-order valence-electron chi connectivity index (χ3n) is 2.74. The minimum absolute atomic E-state index is 0.183. The molecule has 1 heterocycles. The van der Waals surface area contributed by atoms with Crippen molar-refractivity contribution in [3.05, 3.63) is 0 Å². The molecule has 1 aliphatic rings. The van der Waals surface area contributed by atoms with Crippen molar-refractivity contribution in [3.8, 4) is 0 Å². The number of rotatable bonds is 8. The van der Waals surface area contributed by atoms with Crippen molar-refractivity contribution < 1.29 is 9.47 Å². The Labute approximate surface area is 92.9 Å². The van der Waals surface area contributed by atoms with Crippen molar-refractivity contribution in [1.29, 1.82) is 0 Å². The molecule has 0 aromatic heterocycles. The zero-order valence-corrected chi connectivity index (χ0v) is 10.00. The summed E-state index contributed by atoms with van der Waals surface area (Å²) in [5, 5.41) is 3.11. The molecule has 1 saturated heterocycles. The molecular formula is C11H24N2O2. The minimum atomic E-state index is 0.183.